The minimum Gasteiger partial charge on any atom is -0.454 e. The molecule has 2 aromatic rings. The van der Waals surface area contributed by atoms with Crippen LogP contribution in [-0.4, -0.2) is 45.5 Å². The fourth-order valence-corrected chi connectivity index (χ4v) is 4.59. The second kappa shape index (κ2) is 10.1. The average Bonchev–Trinajstić information content (AvgIpc) is 3.43. The molecule has 0 unspecified atom stereocenters. The summed E-state index contributed by atoms with van der Waals surface area (Å²) in [4.78, 5) is 6.92. The van der Waals surface area contributed by atoms with E-state index < -0.39 is 0 Å². The van der Waals surface area contributed by atoms with E-state index >= 15 is 0 Å². The second-order valence-electron chi connectivity index (χ2n) is 8.23. The van der Waals surface area contributed by atoms with Crippen molar-refractivity contribution in [2.45, 2.75) is 38.1 Å². The summed E-state index contributed by atoms with van der Waals surface area (Å²) in [5.41, 5.74) is 1.15. The molecule has 30 heavy (non-hydrogen) atoms. The highest BCUT2D eigenvalue weighted by Crippen LogP contribution is 2.36. The van der Waals surface area contributed by atoms with E-state index in [1.54, 1.807) is 0 Å². The summed E-state index contributed by atoms with van der Waals surface area (Å²) in [6.07, 6.45) is 2.23. The lowest BCUT2D eigenvalue weighted by Gasteiger charge is -2.34. The zero-order valence-corrected chi connectivity index (χ0v) is 21.0. The van der Waals surface area contributed by atoms with Crippen LogP contribution in [0.1, 0.15) is 32.3 Å². The molecule has 164 valence electrons. The van der Waals surface area contributed by atoms with Gasteiger partial charge in [-0.1, -0.05) is 19.9 Å². The molecule has 0 saturated carbocycles. The van der Waals surface area contributed by atoms with Crippen molar-refractivity contribution < 1.29 is 9.47 Å². The van der Waals surface area contributed by atoms with Crippen molar-refractivity contribution in [2.75, 3.05) is 38.4 Å². The molecule has 0 radical (unpaired) electrons. The van der Waals surface area contributed by atoms with E-state index in [2.05, 4.69) is 64.0 Å². The summed E-state index contributed by atoms with van der Waals surface area (Å²) < 4.78 is 11.0. The zero-order chi connectivity index (χ0) is 20.3. The molecule has 1 aromatic carbocycles. The van der Waals surface area contributed by atoms with Crippen LogP contribution in [0, 0.1) is 0 Å². The van der Waals surface area contributed by atoms with E-state index in [9.17, 15) is 0 Å². The Hall–Kier alpha value is -1.68. The Bertz CT molecular complexity index is 849. The predicted molar refractivity (Wildman–Crippen MR) is 135 cm³/mol. The Balaban J connectivity index is 0.00000256. The number of nitrogens with one attached hydrogen (secondary N) is 2. The summed E-state index contributed by atoms with van der Waals surface area (Å²) in [5.74, 6) is 2.52. The van der Waals surface area contributed by atoms with Gasteiger partial charge in [0.05, 0.1) is 5.00 Å². The highest BCUT2D eigenvalue weighted by molar-refractivity contribution is 14.0. The minimum absolute atomic E-state index is 0. The number of hydrogen-bond donors (Lipinski definition) is 2. The largest absolute Gasteiger partial charge is 0.454 e. The molecule has 0 spiro atoms. The number of nitrogens with zero attached hydrogens (tertiary/aromatic N) is 2. The molecule has 0 atom stereocenters. The number of benzene rings is 1. The quantitative estimate of drug-likeness (QED) is 0.337. The lowest BCUT2D eigenvalue weighted by molar-refractivity contribution is 0.174. The van der Waals surface area contributed by atoms with Gasteiger partial charge >= 0.3 is 0 Å². The maximum atomic E-state index is 5.54. The highest BCUT2D eigenvalue weighted by atomic mass is 127. The SMILES string of the molecule is CN=C(NCC(C)(C)c1ccc2c(c1)OCO2)NC1CCN(c2cccs2)CC1.I. The van der Waals surface area contributed by atoms with Crippen LogP contribution in [0.25, 0.3) is 0 Å². The van der Waals surface area contributed by atoms with Crippen LogP contribution in [0.3, 0.4) is 0 Å². The molecule has 8 heteroatoms. The van der Waals surface area contributed by atoms with Gasteiger partial charge in [-0.25, -0.2) is 0 Å². The van der Waals surface area contributed by atoms with Crippen molar-refractivity contribution in [3.8, 4) is 11.5 Å². The number of thiophene rings is 1. The first-order valence-electron chi connectivity index (χ1n) is 10.2. The molecule has 1 fully saturated rings. The third-order valence-corrected chi connectivity index (χ3v) is 6.66. The van der Waals surface area contributed by atoms with Gasteiger partial charge < -0.3 is 25.0 Å². The molecular weight excluding hydrogens is 511 g/mol. The smallest absolute Gasteiger partial charge is 0.231 e. The number of hydrogen-bond acceptors (Lipinski definition) is 5. The monoisotopic (exact) mass is 542 g/mol. The molecule has 1 saturated heterocycles. The van der Waals surface area contributed by atoms with Gasteiger partial charge in [-0.2, -0.15) is 0 Å². The molecule has 2 N–H and O–H groups in total. The van der Waals surface area contributed by atoms with Crippen molar-refractivity contribution in [1.29, 1.82) is 0 Å². The van der Waals surface area contributed by atoms with Crippen LogP contribution in [-0.2, 0) is 5.41 Å². The fraction of sp³-hybridized carbons (Fsp3) is 0.500. The molecule has 1 aromatic heterocycles. The molecule has 0 amide bonds. The van der Waals surface area contributed by atoms with E-state index in [4.69, 9.17) is 9.47 Å². The molecule has 2 aliphatic heterocycles. The van der Waals surface area contributed by atoms with E-state index in [0.717, 1.165) is 49.9 Å². The minimum atomic E-state index is -0.0683. The topological polar surface area (TPSA) is 58.1 Å². The standard InChI is InChI=1S/C22H30N4O2S.HI/c1-22(2,16-6-7-18-19(13-16)28-15-27-18)14-24-21(23-3)25-17-8-10-26(11-9-17)20-5-4-12-29-20;/h4-7,12-13,17H,8-11,14-15H2,1-3H3,(H2,23,24,25);1H. The Morgan fingerprint density at radius 3 is 2.67 bits per heavy atom. The summed E-state index contributed by atoms with van der Waals surface area (Å²) in [6.45, 7) is 7.70. The lowest BCUT2D eigenvalue weighted by Crippen LogP contribution is -2.50. The molecule has 3 heterocycles. The van der Waals surface area contributed by atoms with Crippen LogP contribution in [0.15, 0.2) is 40.7 Å². The number of anilines is 1. The Morgan fingerprint density at radius 1 is 1.20 bits per heavy atom. The maximum absolute atomic E-state index is 5.54. The van der Waals surface area contributed by atoms with E-state index in [1.807, 2.05) is 24.5 Å². The molecule has 0 aliphatic carbocycles. The zero-order valence-electron chi connectivity index (χ0n) is 17.8. The Labute approximate surface area is 200 Å². The third-order valence-electron chi connectivity index (χ3n) is 5.73. The van der Waals surface area contributed by atoms with Crippen molar-refractivity contribution >= 4 is 46.3 Å². The number of fused-ring (bicyclic) bond motifs is 1. The van der Waals surface area contributed by atoms with E-state index in [-0.39, 0.29) is 29.4 Å². The fourth-order valence-electron chi connectivity index (χ4n) is 3.81. The summed E-state index contributed by atoms with van der Waals surface area (Å²) >= 11 is 1.82. The van der Waals surface area contributed by atoms with Crippen molar-refractivity contribution in [3.05, 3.63) is 41.3 Å². The summed E-state index contributed by atoms with van der Waals surface area (Å²) in [5, 5.41) is 10.6. The molecule has 2 aliphatic rings. The molecule has 6 nitrogen and oxygen atoms in total. The van der Waals surface area contributed by atoms with Gasteiger partial charge in [-0.05, 0) is 48.1 Å². The first-order valence-corrected chi connectivity index (χ1v) is 11.1. The predicted octanol–water partition coefficient (Wildman–Crippen LogP) is 4.21. The maximum Gasteiger partial charge on any atom is 0.231 e. The second-order valence-corrected chi connectivity index (χ2v) is 9.16. The number of aliphatic imine (C=N–C) groups is 1. The number of piperidine rings is 1. The van der Waals surface area contributed by atoms with Crippen LogP contribution in [0.4, 0.5) is 5.00 Å². The Kier molecular flexibility index (Phi) is 7.73. The van der Waals surface area contributed by atoms with Gasteiger partial charge in [-0.3, -0.25) is 4.99 Å². The summed E-state index contributed by atoms with van der Waals surface area (Å²) in [7, 11) is 1.84. The number of rotatable bonds is 5. The molecular formula is C22H31IN4O2S. The first-order chi connectivity index (χ1) is 14.0. The van der Waals surface area contributed by atoms with Gasteiger partial charge in [0, 0.05) is 38.1 Å². The van der Waals surface area contributed by atoms with Crippen molar-refractivity contribution in [1.82, 2.24) is 10.6 Å². The van der Waals surface area contributed by atoms with E-state index in [1.165, 1.54) is 10.6 Å². The lowest BCUT2D eigenvalue weighted by atomic mass is 9.84. The van der Waals surface area contributed by atoms with Crippen LogP contribution < -0.4 is 25.0 Å². The van der Waals surface area contributed by atoms with Crippen LogP contribution in [0.5, 0.6) is 11.5 Å². The number of ether oxygens (including phenoxy) is 2. The third kappa shape index (κ3) is 5.32. The Morgan fingerprint density at radius 2 is 1.97 bits per heavy atom. The number of halogens is 1. The molecule has 4 rings (SSSR count). The summed E-state index contributed by atoms with van der Waals surface area (Å²) in [6, 6.07) is 11.0. The van der Waals surface area contributed by atoms with Crippen molar-refractivity contribution in [2.24, 2.45) is 4.99 Å². The van der Waals surface area contributed by atoms with Gasteiger partial charge in [0.25, 0.3) is 0 Å². The number of guanidine groups is 1. The van der Waals surface area contributed by atoms with Crippen molar-refractivity contribution in [3.63, 3.8) is 0 Å². The van der Waals surface area contributed by atoms with Gasteiger partial charge in [0.1, 0.15) is 0 Å². The van der Waals surface area contributed by atoms with Crippen LogP contribution >= 0.6 is 35.3 Å². The highest BCUT2D eigenvalue weighted by Gasteiger charge is 2.25. The van der Waals surface area contributed by atoms with Gasteiger partial charge in [0.2, 0.25) is 6.79 Å². The van der Waals surface area contributed by atoms with Gasteiger partial charge in [-0.15, -0.1) is 35.3 Å². The normalized spacial score (nSPS) is 16.9. The van der Waals surface area contributed by atoms with Crippen LogP contribution in [0.2, 0.25) is 0 Å². The average molecular weight is 542 g/mol. The first kappa shape index (κ1) is 23.0. The molecule has 0 bridgehead atoms. The van der Waals surface area contributed by atoms with E-state index in [0.29, 0.717) is 12.8 Å². The van der Waals surface area contributed by atoms with Gasteiger partial charge in [0.15, 0.2) is 17.5 Å².